The van der Waals surface area contributed by atoms with E-state index in [2.05, 4.69) is 9.89 Å². The summed E-state index contributed by atoms with van der Waals surface area (Å²) in [6.45, 7) is 7.84. The minimum atomic E-state index is -3.83. The van der Waals surface area contributed by atoms with Crippen molar-refractivity contribution in [2.24, 2.45) is 10.9 Å². The number of hydrogen-bond donors (Lipinski definition) is 0. The van der Waals surface area contributed by atoms with Gasteiger partial charge in [0.2, 0.25) is 10.0 Å². The molecule has 0 aliphatic carbocycles. The molecule has 1 aromatic heterocycles. The maximum absolute atomic E-state index is 13.7. The monoisotopic (exact) mass is 663 g/mol. The molecule has 13 heteroatoms. The van der Waals surface area contributed by atoms with Crippen LogP contribution in [0.3, 0.4) is 0 Å². The number of morpholine rings is 1. The van der Waals surface area contributed by atoms with Crippen LogP contribution in [0.15, 0.2) is 75.6 Å². The second kappa shape index (κ2) is 13.5. The lowest BCUT2D eigenvalue weighted by atomic mass is 9.98. The fourth-order valence-electron chi connectivity index (χ4n) is 5.98. The first-order valence-corrected chi connectivity index (χ1v) is 17.7. The smallest absolute Gasteiger partial charge is 0.309 e. The number of nitrogens with zero attached hydrogens (tertiary/aromatic N) is 5. The van der Waals surface area contributed by atoms with E-state index in [-0.39, 0.29) is 48.0 Å². The number of amidine groups is 1. The van der Waals surface area contributed by atoms with Gasteiger partial charge in [-0.1, -0.05) is 30.3 Å². The summed E-state index contributed by atoms with van der Waals surface area (Å²) in [5.74, 6) is -0.901. The number of hydrogen-bond acceptors (Lipinski definition) is 9. The molecule has 242 valence electrons. The molecule has 0 N–H and O–H groups in total. The third-order valence-electron chi connectivity index (χ3n) is 8.17. The van der Waals surface area contributed by atoms with Crippen LogP contribution < -0.4 is 0 Å². The minimum absolute atomic E-state index is 0.0263. The summed E-state index contributed by atoms with van der Waals surface area (Å²) >= 11 is 1.32. The van der Waals surface area contributed by atoms with Crippen LogP contribution in [0.2, 0.25) is 0 Å². The summed E-state index contributed by atoms with van der Waals surface area (Å²) < 4.78 is 41.6. The summed E-state index contributed by atoms with van der Waals surface area (Å²) in [5.41, 5.74) is 2.60. The van der Waals surface area contributed by atoms with Gasteiger partial charge in [-0.05, 0) is 75.7 Å². The van der Waals surface area contributed by atoms with Gasteiger partial charge in [0.15, 0.2) is 5.17 Å². The number of carbonyl (C=O) groups is 2. The molecule has 46 heavy (non-hydrogen) atoms. The largest absolute Gasteiger partial charge is 0.466 e. The summed E-state index contributed by atoms with van der Waals surface area (Å²) in [6, 6.07) is 16.3. The van der Waals surface area contributed by atoms with Crippen molar-refractivity contribution in [3.63, 3.8) is 0 Å². The topological polar surface area (TPSA) is 123 Å². The van der Waals surface area contributed by atoms with Crippen molar-refractivity contribution in [3.05, 3.63) is 71.3 Å². The highest BCUT2D eigenvalue weighted by atomic mass is 32.2. The summed E-state index contributed by atoms with van der Waals surface area (Å²) in [7, 11) is -3.83. The van der Waals surface area contributed by atoms with Gasteiger partial charge in [0.1, 0.15) is 5.69 Å². The summed E-state index contributed by atoms with van der Waals surface area (Å²) in [6.07, 6.45) is 4.49. The Morgan fingerprint density at radius 2 is 1.78 bits per heavy atom. The van der Waals surface area contributed by atoms with Gasteiger partial charge in [-0.3, -0.25) is 9.59 Å². The number of aromatic nitrogens is 2. The molecule has 4 heterocycles. The van der Waals surface area contributed by atoms with Crippen molar-refractivity contribution in [2.45, 2.75) is 50.7 Å². The number of thioether (sulfide) groups is 1. The number of ether oxygens (including phenoxy) is 2. The van der Waals surface area contributed by atoms with E-state index in [0.717, 1.165) is 5.69 Å². The maximum Gasteiger partial charge on any atom is 0.309 e. The number of amides is 1. The number of piperidine rings is 1. The number of aliphatic imine (C=N–C) groups is 1. The van der Waals surface area contributed by atoms with E-state index in [1.807, 2.05) is 56.4 Å². The van der Waals surface area contributed by atoms with Crippen LogP contribution in [-0.2, 0) is 29.1 Å². The average molecular weight is 664 g/mol. The molecular weight excluding hydrogens is 627 g/mol. The Morgan fingerprint density at radius 1 is 1.07 bits per heavy atom. The van der Waals surface area contributed by atoms with Gasteiger partial charge in [-0.2, -0.15) is 14.4 Å². The predicted octanol–water partition coefficient (Wildman–Crippen LogP) is 4.58. The van der Waals surface area contributed by atoms with Gasteiger partial charge in [-0.15, -0.1) is 0 Å². The van der Waals surface area contributed by atoms with Crippen LogP contribution >= 0.6 is 11.8 Å². The van der Waals surface area contributed by atoms with Crippen molar-refractivity contribution in [1.82, 2.24) is 19.0 Å². The van der Waals surface area contributed by atoms with Gasteiger partial charge in [0.05, 0.1) is 40.2 Å². The number of carbonyl (C=O) groups excluding carboxylic acids is 2. The molecule has 2 aromatic carbocycles. The number of sulfonamides is 1. The first-order valence-electron chi connectivity index (χ1n) is 15.5. The molecule has 2 unspecified atom stereocenters. The van der Waals surface area contributed by atoms with Gasteiger partial charge < -0.3 is 14.4 Å². The highest BCUT2D eigenvalue weighted by Gasteiger charge is 2.34. The molecule has 0 bridgehead atoms. The van der Waals surface area contributed by atoms with E-state index in [4.69, 9.17) is 14.6 Å². The number of rotatable bonds is 7. The molecule has 0 saturated carbocycles. The summed E-state index contributed by atoms with van der Waals surface area (Å²) in [5, 5.41) is 5.50. The molecule has 1 amide bonds. The van der Waals surface area contributed by atoms with E-state index in [9.17, 15) is 18.0 Å². The van der Waals surface area contributed by atoms with Crippen LogP contribution in [0.4, 0.5) is 0 Å². The van der Waals surface area contributed by atoms with Crippen LogP contribution in [-0.4, -0.2) is 89.4 Å². The molecule has 0 spiro atoms. The highest BCUT2D eigenvalue weighted by molar-refractivity contribution is 8.18. The maximum atomic E-state index is 13.7. The molecule has 2 atom stereocenters. The third-order valence-corrected chi connectivity index (χ3v) is 11.1. The Kier molecular flexibility index (Phi) is 9.46. The van der Waals surface area contributed by atoms with E-state index in [1.165, 1.54) is 16.1 Å². The van der Waals surface area contributed by atoms with Crippen LogP contribution in [0.5, 0.6) is 0 Å². The number of benzene rings is 2. The standard InChI is InChI=1S/C33H37N5O6S2/c1-4-43-32(40)24-13-15-37(16-14-24)46(41,42)28-12-8-9-25(17-28)30-26(21-38(35-30)27-10-6-5-7-11-27)18-29-31(39)34-33(45-29)36-19-22(2)44-23(3)20-36/h5-12,17-18,21-24H,4,13-16,19-20H2,1-3H3. The van der Waals surface area contributed by atoms with Gasteiger partial charge in [-0.25, -0.2) is 13.1 Å². The summed E-state index contributed by atoms with van der Waals surface area (Å²) in [4.78, 5) is 32.3. The molecule has 3 aliphatic heterocycles. The minimum Gasteiger partial charge on any atom is -0.466 e. The molecule has 6 rings (SSSR count). The van der Waals surface area contributed by atoms with E-state index >= 15 is 0 Å². The number of para-hydroxylation sites is 1. The molecule has 2 saturated heterocycles. The van der Waals surface area contributed by atoms with Crippen molar-refractivity contribution < 1.29 is 27.5 Å². The Balaban J connectivity index is 1.30. The average Bonchev–Trinajstić information content (AvgIpc) is 3.65. The van der Waals surface area contributed by atoms with Crippen molar-refractivity contribution in [2.75, 3.05) is 32.8 Å². The quantitative estimate of drug-likeness (QED) is 0.264. The normalized spacial score (nSPS) is 22.3. The third kappa shape index (κ3) is 6.82. The van der Waals surface area contributed by atoms with E-state index in [1.54, 1.807) is 35.9 Å². The van der Waals surface area contributed by atoms with Crippen LogP contribution in [0.1, 0.15) is 39.2 Å². The van der Waals surface area contributed by atoms with Crippen LogP contribution in [0, 0.1) is 5.92 Å². The molecular formula is C33H37N5O6S2. The van der Waals surface area contributed by atoms with E-state index < -0.39 is 10.0 Å². The zero-order chi connectivity index (χ0) is 32.4. The van der Waals surface area contributed by atoms with E-state index in [0.29, 0.717) is 59.4 Å². The first-order chi connectivity index (χ1) is 22.1. The molecule has 3 aromatic rings. The second-order valence-electron chi connectivity index (χ2n) is 11.6. The Labute approximate surface area is 273 Å². The predicted molar refractivity (Wildman–Crippen MR) is 177 cm³/mol. The molecule has 11 nitrogen and oxygen atoms in total. The SMILES string of the molecule is CCOC(=O)C1CCN(S(=O)(=O)c2cccc(-c3nn(-c4ccccc4)cc3C=C3SC(N4CC(C)OC(C)C4)=NC3=O)c2)CC1. The Morgan fingerprint density at radius 3 is 2.48 bits per heavy atom. The fraction of sp³-hybridized carbons (Fsp3) is 0.394. The van der Waals surface area contributed by atoms with Gasteiger partial charge >= 0.3 is 5.97 Å². The van der Waals surface area contributed by atoms with Crippen molar-refractivity contribution in [3.8, 4) is 16.9 Å². The zero-order valence-electron chi connectivity index (χ0n) is 26.0. The Bertz CT molecular complexity index is 1770. The molecule has 2 fully saturated rings. The molecule has 3 aliphatic rings. The first kappa shape index (κ1) is 32.2. The van der Waals surface area contributed by atoms with Crippen molar-refractivity contribution >= 4 is 44.9 Å². The van der Waals surface area contributed by atoms with Crippen LogP contribution in [0.25, 0.3) is 23.0 Å². The lowest BCUT2D eigenvalue weighted by Gasteiger charge is -2.35. The number of esters is 1. The van der Waals surface area contributed by atoms with Gasteiger partial charge in [0, 0.05) is 43.5 Å². The fourth-order valence-corrected chi connectivity index (χ4v) is 8.42. The van der Waals surface area contributed by atoms with Crippen molar-refractivity contribution in [1.29, 1.82) is 0 Å². The van der Waals surface area contributed by atoms with Gasteiger partial charge in [0.25, 0.3) is 5.91 Å². The zero-order valence-corrected chi connectivity index (χ0v) is 27.7. The second-order valence-corrected chi connectivity index (χ2v) is 14.6. The lowest BCUT2D eigenvalue weighted by molar-refractivity contribution is -0.149. The lowest BCUT2D eigenvalue weighted by Crippen LogP contribution is -2.47. The molecule has 0 radical (unpaired) electrons. The Hall–Kier alpha value is -3.78. The highest BCUT2D eigenvalue weighted by Crippen LogP contribution is 2.35.